The van der Waals surface area contributed by atoms with E-state index in [1.54, 1.807) is 42.5 Å². The molecule has 0 aromatic heterocycles. The number of hydrogen-bond acceptors (Lipinski definition) is 4. The van der Waals surface area contributed by atoms with Gasteiger partial charge >= 0.3 is 0 Å². The number of halogens is 1. The van der Waals surface area contributed by atoms with Gasteiger partial charge < -0.3 is 4.90 Å². The van der Waals surface area contributed by atoms with Crippen molar-refractivity contribution in [3.8, 4) is 6.07 Å². The van der Waals surface area contributed by atoms with Crippen molar-refractivity contribution in [3.63, 3.8) is 0 Å². The molecule has 0 radical (unpaired) electrons. The highest BCUT2D eigenvalue weighted by Crippen LogP contribution is 2.20. The van der Waals surface area contributed by atoms with Crippen molar-refractivity contribution in [1.82, 2.24) is 0 Å². The summed E-state index contributed by atoms with van der Waals surface area (Å²) < 4.78 is 24.9. The van der Waals surface area contributed by atoms with E-state index in [0.29, 0.717) is 16.1 Å². The summed E-state index contributed by atoms with van der Waals surface area (Å²) in [6.07, 6.45) is 1.39. The Labute approximate surface area is 147 Å². The molecule has 2 aromatic rings. The number of allylic oxidation sites excluding steroid dienone is 1. The third-order valence-electron chi connectivity index (χ3n) is 3.42. The Balaban J connectivity index is 2.28. The van der Waals surface area contributed by atoms with E-state index < -0.39 is 9.84 Å². The van der Waals surface area contributed by atoms with Crippen LogP contribution in [0.4, 0.5) is 5.69 Å². The van der Waals surface area contributed by atoms with Crippen LogP contribution in [0.5, 0.6) is 0 Å². The topological polar surface area (TPSA) is 61.2 Å². The average molecular weight is 361 g/mol. The maximum absolute atomic E-state index is 12.5. The highest BCUT2D eigenvalue weighted by Gasteiger charge is 2.18. The first kappa shape index (κ1) is 18.1. The van der Waals surface area contributed by atoms with Crippen LogP contribution in [-0.2, 0) is 15.6 Å². The molecule has 2 rings (SSSR count). The monoisotopic (exact) mass is 360 g/mol. The molecular formula is C18H17ClN2O2S. The first-order chi connectivity index (χ1) is 11.3. The molecule has 0 aliphatic heterocycles. The molecule has 0 saturated carbocycles. The van der Waals surface area contributed by atoms with Gasteiger partial charge in [0.2, 0.25) is 0 Å². The highest BCUT2D eigenvalue weighted by atomic mass is 35.5. The summed E-state index contributed by atoms with van der Waals surface area (Å²) in [7, 11) is 0.121. The molecule has 0 aliphatic rings. The zero-order valence-corrected chi connectivity index (χ0v) is 15.0. The first-order valence-corrected chi connectivity index (χ1v) is 9.21. The van der Waals surface area contributed by atoms with Crippen molar-refractivity contribution in [1.29, 1.82) is 5.26 Å². The third kappa shape index (κ3) is 4.60. The molecule has 0 saturated heterocycles. The fraction of sp³-hybridized carbons (Fsp3) is 0.167. The van der Waals surface area contributed by atoms with Gasteiger partial charge in [-0.2, -0.15) is 5.26 Å². The van der Waals surface area contributed by atoms with Gasteiger partial charge in [0.05, 0.1) is 5.75 Å². The van der Waals surface area contributed by atoms with Crippen LogP contribution in [0.2, 0.25) is 5.02 Å². The Morgan fingerprint density at radius 1 is 1.12 bits per heavy atom. The van der Waals surface area contributed by atoms with Crippen LogP contribution in [0.3, 0.4) is 0 Å². The Kier molecular flexibility index (Phi) is 5.66. The lowest BCUT2D eigenvalue weighted by atomic mass is 10.2. The summed E-state index contributed by atoms with van der Waals surface area (Å²) >= 11 is 5.80. The Hall–Kier alpha value is -2.29. The molecule has 0 spiro atoms. The molecule has 0 atom stereocenters. The molecule has 0 amide bonds. The molecule has 4 nitrogen and oxygen atoms in total. The molecule has 2 aromatic carbocycles. The van der Waals surface area contributed by atoms with Crippen LogP contribution in [0.15, 0.2) is 53.4 Å². The third-order valence-corrected chi connectivity index (χ3v) is 5.27. The largest absolute Gasteiger partial charge is 0.378 e. The van der Waals surface area contributed by atoms with Gasteiger partial charge in [0.15, 0.2) is 9.84 Å². The van der Waals surface area contributed by atoms with E-state index in [2.05, 4.69) is 0 Å². The molecule has 0 fully saturated rings. The fourth-order valence-electron chi connectivity index (χ4n) is 2.09. The molecular weight excluding hydrogens is 344 g/mol. The number of sulfone groups is 1. The van der Waals surface area contributed by atoms with Crippen LogP contribution in [0, 0.1) is 11.3 Å². The van der Waals surface area contributed by atoms with Crippen LogP contribution in [0.25, 0.3) is 6.08 Å². The SMILES string of the molecule is CN(C)c1ccc(/C=C(/C#N)S(=O)(=O)Cc2ccc(Cl)cc2)cc1. The summed E-state index contributed by atoms with van der Waals surface area (Å²) in [5.74, 6) is -0.237. The van der Waals surface area contributed by atoms with Crippen molar-refractivity contribution >= 4 is 33.2 Å². The van der Waals surface area contributed by atoms with Crippen molar-refractivity contribution in [2.75, 3.05) is 19.0 Å². The quantitative estimate of drug-likeness (QED) is 0.759. The number of nitrogens with zero attached hydrogens (tertiary/aromatic N) is 2. The molecule has 0 bridgehead atoms. The van der Waals surface area contributed by atoms with Gasteiger partial charge in [-0.3, -0.25) is 0 Å². The van der Waals surface area contributed by atoms with Crippen molar-refractivity contribution in [2.45, 2.75) is 5.75 Å². The fourth-order valence-corrected chi connectivity index (χ4v) is 3.46. The number of hydrogen-bond donors (Lipinski definition) is 0. The van der Waals surface area contributed by atoms with Crippen LogP contribution in [-0.4, -0.2) is 22.5 Å². The lowest BCUT2D eigenvalue weighted by Gasteiger charge is -2.12. The van der Waals surface area contributed by atoms with Gasteiger partial charge in [-0.1, -0.05) is 35.9 Å². The van der Waals surface area contributed by atoms with E-state index in [1.165, 1.54) is 6.08 Å². The number of benzene rings is 2. The predicted molar refractivity (Wildman–Crippen MR) is 98.4 cm³/mol. The lowest BCUT2D eigenvalue weighted by molar-refractivity contribution is 0.602. The van der Waals surface area contributed by atoms with Crippen LogP contribution >= 0.6 is 11.6 Å². The lowest BCUT2D eigenvalue weighted by Crippen LogP contribution is -2.08. The molecule has 0 unspecified atom stereocenters. The number of nitriles is 1. The van der Waals surface area contributed by atoms with Crippen molar-refractivity contribution in [3.05, 3.63) is 69.6 Å². The van der Waals surface area contributed by atoms with E-state index in [0.717, 1.165) is 5.69 Å². The molecule has 24 heavy (non-hydrogen) atoms. The van der Waals surface area contributed by atoms with E-state index in [4.69, 9.17) is 11.6 Å². The van der Waals surface area contributed by atoms with Crippen molar-refractivity contribution in [2.24, 2.45) is 0 Å². The highest BCUT2D eigenvalue weighted by molar-refractivity contribution is 7.95. The summed E-state index contributed by atoms with van der Waals surface area (Å²) in [5.41, 5.74) is 2.25. The van der Waals surface area contributed by atoms with E-state index in [9.17, 15) is 13.7 Å². The van der Waals surface area contributed by atoms with Gasteiger partial charge in [-0.25, -0.2) is 8.42 Å². The first-order valence-electron chi connectivity index (χ1n) is 7.18. The van der Waals surface area contributed by atoms with E-state index >= 15 is 0 Å². The van der Waals surface area contributed by atoms with Crippen LogP contribution in [0.1, 0.15) is 11.1 Å². The Bertz CT molecular complexity index is 878. The maximum Gasteiger partial charge on any atom is 0.192 e. The standard InChI is InChI=1S/C18H17ClN2O2S/c1-21(2)17-9-5-14(6-10-17)11-18(12-20)24(22,23)13-15-3-7-16(19)8-4-15/h3-11H,13H2,1-2H3/b18-11-. The molecule has 0 heterocycles. The number of anilines is 1. The van der Waals surface area contributed by atoms with Gasteiger partial charge in [0.25, 0.3) is 0 Å². The number of rotatable bonds is 5. The Morgan fingerprint density at radius 2 is 1.71 bits per heavy atom. The second kappa shape index (κ2) is 7.52. The van der Waals surface area contributed by atoms with Gasteiger partial charge in [0.1, 0.15) is 11.0 Å². The molecule has 124 valence electrons. The molecule has 0 aliphatic carbocycles. The average Bonchev–Trinajstić information content (AvgIpc) is 2.54. The van der Waals surface area contributed by atoms with Gasteiger partial charge in [0, 0.05) is 24.8 Å². The molecule has 6 heteroatoms. The Morgan fingerprint density at radius 3 is 2.21 bits per heavy atom. The van der Waals surface area contributed by atoms with Gasteiger partial charge in [-0.05, 0) is 41.5 Å². The second-order valence-electron chi connectivity index (χ2n) is 5.49. The minimum absolute atomic E-state index is 0.237. The van der Waals surface area contributed by atoms with Crippen LogP contribution < -0.4 is 4.90 Å². The van der Waals surface area contributed by atoms with Crippen molar-refractivity contribution < 1.29 is 8.42 Å². The smallest absolute Gasteiger partial charge is 0.192 e. The summed E-state index contributed by atoms with van der Waals surface area (Å²) in [4.78, 5) is 1.69. The second-order valence-corrected chi connectivity index (χ2v) is 7.89. The minimum Gasteiger partial charge on any atom is -0.378 e. The summed E-state index contributed by atoms with van der Waals surface area (Å²) in [6, 6.07) is 15.6. The summed E-state index contributed by atoms with van der Waals surface area (Å²) in [6.45, 7) is 0. The van der Waals surface area contributed by atoms with Gasteiger partial charge in [-0.15, -0.1) is 0 Å². The van der Waals surface area contributed by atoms with E-state index in [-0.39, 0.29) is 10.7 Å². The summed E-state index contributed by atoms with van der Waals surface area (Å²) in [5, 5.41) is 9.80. The maximum atomic E-state index is 12.5. The predicted octanol–water partition coefficient (Wildman–Crippen LogP) is 3.89. The molecule has 0 N–H and O–H groups in total. The zero-order chi connectivity index (χ0) is 17.7. The minimum atomic E-state index is -3.72. The van der Waals surface area contributed by atoms with E-state index in [1.807, 2.05) is 31.1 Å². The zero-order valence-electron chi connectivity index (χ0n) is 13.4. The normalized spacial score (nSPS) is 11.8.